The molecule has 1 aromatic carbocycles. The van der Waals surface area contributed by atoms with E-state index in [1.807, 2.05) is 24.3 Å². The number of ether oxygens (including phenoxy) is 1. The fourth-order valence-electron chi connectivity index (χ4n) is 2.85. The molecule has 3 heteroatoms. The van der Waals surface area contributed by atoms with Gasteiger partial charge in [0, 0.05) is 13.1 Å². The first-order valence-corrected chi connectivity index (χ1v) is 7.41. The van der Waals surface area contributed by atoms with Crippen LogP contribution in [0.1, 0.15) is 32.1 Å². The summed E-state index contributed by atoms with van der Waals surface area (Å²) in [6.07, 6.45) is 6.74. The highest BCUT2D eigenvalue weighted by Gasteiger charge is 2.16. The summed E-state index contributed by atoms with van der Waals surface area (Å²) in [7, 11) is 2.22. The van der Waals surface area contributed by atoms with Crippen molar-refractivity contribution in [3.8, 4) is 5.75 Å². The maximum atomic E-state index is 5.84. The summed E-state index contributed by atoms with van der Waals surface area (Å²) in [5.74, 6) is 1.73. The summed E-state index contributed by atoms with van der Waals surface area (Å²) in [6.45, 7) is 3.08. The summed E-state index contributed by atoms with van der Waals surface area (Å²) in [4.78, 5) is 2.44. The van der Waals surface area contributed by atoms with Gasteiger partial charge >= 0.3 is 0 Å². The van der Waals surface area contributed by atoms with Crippen molar-refractivity contribution in [3.63, 3.8) is 0 Å². The first-order chi connectivity index (χ1) is 9.25. The van der Waals surface area contributed by atoms with Gasteiger partial charge in [-0.05, 0) is 44.4 Å². The number of nitrogens with zero attached hydrogens (tertiary/aromatic N) is 1. The molecule has 0 bridgehead atoms. The van der Waals surface area contributed by atoms with Crippen molar-refractivity contribution in [1.29, 1.82) is 0 Å². The molecule has 0 heterocycles. The molecule has 1 aromatic rings. The largest absolute Gasteiger partial charge is 0.491 e. The molecular weight excluding hydrogens is 236 g/mol. The first kappa shape index (κ1) is 14.2. The molecule has 1 saturated carbocycles. The highest BCUT2D eigenvalue weighted by atomic mass is 16.5. The highest BCUT2D eigenvalue weighted by molar-refractivity contribution is 5.51. The van der Waals surface area contributed by atoms with Crippen LogP contribution < -0.4 is 10.5 Å². The van der Waals surface area contributed by atoms with E-state index in [-0.39, 0.29) is 0 Å². The molecule has 0 amide bonds. The average molecular weight is 262 g/mol. The van der Waals surface area contributed by atoms with Crippen LogP contribution in [0.15, 0.2) is 24.3 Å². The number of benzene rings is 1. The van der Waals surface area contributed by atoms with Gasteiger partial charge in [0.25, 0.3) is 0 Å². The van der Waals surface area contributed by atoms with Crippen molar-refractivity contribution in [2.45, 2.75) is 32.1 Å². The molecule has 0 saturated heterocycles. The molecule has 0 aliphatic heterocycles. The second-order valence-corrected chi connectivity index (χ2v) is 5.65. The normalized spacial score (nSPS) is 16.1. The number of para-hydroxylation sites is 2. The molecule has 106 valence electrons. The second kappa shape index (κ2) is 7.39. The number of anilines is 1. The maximum Gasteiger partial charge on any atom is 0.142 e. The Balaban J connectivity index is 1.59. The van der Waals surface area contributed by atoms with E-state index in [1.54, 1.807) is 0 Å². The van der Waals surface area contributed by atoms with Gasteiger partial charge in [-0.1, -0.05) is 25.0 Å². The quantitative estimate of drug-likeness (QED) is 0.606. The van der Waals surface area contributed by atoms with E-state index in [4.69, 9.17) is 10.5 Å². The molecule has 3 nitrogen and oxygen atoms in total. The molecular formula is C16H26N2O. The van der Waals surface area contributed by atoms with Crippen LogP contribution in [-0.2, 0) is 0 Å². The maximum absolute atomic E-state index is 5.84. The fraction of sp³-hybridized carbons (Fsp3) is 0.625. The number of hydrogen-bond acceptors (Lipinski definition) is 3. The molecule has 0 atom stereocenters. The lowest BCUT2D eigenvalue weighted by Crippen LogP contribution is -2.26. The van der Waals surface area contributed by atoms with E-state index in [9.17, 15) is 0 Å². The zero-order chi connectivity index (χ0) is 13.5. The Hall–Kier alpha value is -1.22. The minimum Gasteiger partial charge on any atom is -0.491 e. The van der Waals surface area contributed by atoms with Crippen LogP contribution in [0.2, 0.25) is 0 Å². The van der Waals surface area contributed by atoms with Gasteiger partial charge < -0.3 is 15.4 Å². The SMILES string of the molecule is CN(CCCOc1ccccc1N)CC1CCCC1. The summed E-state index contributed by atoms with van der Waals surface area (Å²) < 4.78 is 5.71. The second-order valence-electron chi connectivity index (χ2n) is 5.65. The standard InChI is InChI=1S/C16H26N2O/c1-18(13-14-7-2-3-8-14)11-6-12-19-16-10-5-4-9-15(16)17/h4-5,9-10,14H,2-3,6-8,11-13,17H2,1H3. The van der Waals surface area contributed by atoms with E-state index in [0.29, 0.717) is 0 Å². The minimum atomic E-state index is 0.724. The summed E-state index contributed by atoms with van der Waals surface area (Å²) in [5, 5.41) is 0. The Morgan fingerprint density at radius 1 is 1.26 bits per heavy atom. The first-order valence-electron chi connectivity index (χ1n) is 7.41. The summed E-state index contributed by atoms with van der Waals surface area (Å²) >= 11 is 0. The molecule has 19 heavy (non-hydrogen) atoms. The van der Waals surface area contributed by atoms with Crippen molar-refractivity contribution in [2.75, 3.05) is 32.5 Å². The zero-order valence-electron chi connectivity index (χ0n) is 12.0. The Kier molecular flexibility index (Phi) is 5.52. The Bertz CT molecular complexity index is 375. The molecule has 1 aliphatic rings. The van der Waals surface area contributed by atoms with Crippen LogP contribution >= 0.6 is 0 Å². The van der Waals surface area contributed by atoms with Crippen LogP contribution in [-0.4, -0.2) is 31.6 Å². The number of nitrogen functional groups attached to an aromatic ring is 1. The van der Waals surface area contributed by atoms with E-state index in [1.165, 1.54) is 32.2 Å². The van der Waals surface area contributed by atoms with Gasteiger partial charge in [0.2, 0.25) is 0 Å². The van der Waals surface area contributed by atoms with E-state index < -0.39 is 0 Å². The van der Waals surface area contributed by atoms with Crippen molar-refractivity contribution < 1.29 is 4.74 Å². The lowest BCUT2D eigenvalue weighted by Gasteiger charge is -2.20. The molecule has 1 aliphatic carbocycles. The molecule has 2 N–H and O–H groups in total. The smallest absolute Gasteiger partial charge is 0.142 e. The predicted octanol–water partition coefficient (Wildman–Crippen LogP) is 3.16. The predicted molar refractivity (Wildman–Crippen MR) is 80.4 cm³/mol. The van der Waals surface area contributed by atoms with Crippen molar-refractivity contribution in [3.05, 3.63) is 24.3 Å². The van der Waals surface area contributed by atoms with Crippen LogP contribution in [0.4, 0.5) is 5.69 Å². The third kappa shape index (κ3) is 4.75. The van der Waals surface area contributed by atoms with Gasteiger partial charge in [0.1, 0.15) is 5.75 Å². The summed E-state index contributed by atoms with van der Waals surface area (Å²) in [6, 6.07) is 7.69. The molecule has 1 fully saturated rings. The van der Waals surface area contributed by atoms with Crippen LogP contribution in [0, 0.1) is 5.92 Å². The Morgan fingerprint density at radius 2 is 2.00 bits per heavy atom. The highest BCUT2D eigenvalue weighted by Crippen LogP contribution is 2.25. The third-order valence-electron chi connectivity index (χ3n) is 3.91. The lowest BCUT2D eigenvalue weighted by molar-refractivity contribution is 0.240. The van der Waals surface area contributed by atoms with Gasteiger partial charge in [0.15, 0.2) is 0 Å². The summed E-state index contributed by atoms with van der Waals surface area (Å²) in [5.41, 5.74) is 6.56. The van der Waals surface area contributed by atoms with Crippen LogP contribution in [0.3, 0.4) is 0 Å². The third-order valence-corrected chi connectivity index (χ3v) is 3.91. The molecule has 0 aromatic heterocycles. The van der Waals surface area contributed by atoms with Gasteiger partial charge in [-0.2, -0.15) is 0 Å². The molecule has 2 rings (SSSR count). The molecule has 0 spiro atoms. The Labute approximate surface area is 116 Å². The van der Waals surface area contributed by atoms with Crippen LogP contribution in [0.5, 0.6) is 5.75 Å². The van der Waals surface area contributed by atoms with Crippen molar-refractivity contribution >= 4 is 5.69 Å². The zero-order valence-corrected chi connectivity index (χ0v) is 12.0. The van der Waals surface area contributed by atoms with Gasteiger partial charge in [-0.15, -0.1) is 0 Å². The van der Waals surface area contributed by atoms with Gasteiger partial charge in [-0.25, -0.2) is 0 Å². The Morgan fingerprint density at radius 3 is 2.74 bits per heavy atom. The van der Waals surface area contributed by atoms with Gasteiger partial charge in [0.05, 0.1) is 12.3 Å². The topological polar surface area (TPSA) is 38.5 Å². The number of rotatable bonds is 7. The van der Waals surface area contributed by atoms with E-state index >= 15 is 0 Å². The van der Waals surface area contributed by atoms with E-state index in [0.717, 1.165) is 36.9 Å². The van der Waals surface area contributed by atoms with Gasteiger partial charge in [-0.3, -0.25) is 0 Å². The van der Waals surface area contributed by atoms with Crippen LogP contribution in [0.25, 0.3) is 0 Å². The average Bonchev–Trinajstić information content (AvgIpc) is 2.89. The number of nitrogens with two attached hydrogens (primary N) is 1. The minimum absolute atomic E-state index is 0.724. The lowest BCUT2D eigenvalue weighted by atomic mass is 10.1. The molecule has 0 radical (unpaired) electrons. The fourth-order valence-corrected chi connectivity index (χ4v) is 2.85. The monoisotopic (exact) mass is 262 g/mol. The van der Waals surface area contributed by atoms with Crippen molar-refractivity contribution in [2.24, 2.45) is 5.92 Å². The van der Waals surface area contributed by atoms with Crippen molar-refractivity contribution in [1.82, 2.24) is 4.90 Å². The number of hydrogen-bond donors (Lipinski definition) is 1. The van der Waals surface area contributed by atoms with E-state index in [2.05, 4.69) is 11.9 Å². The molecule has 0 unspecified atom stereocenters.